The van der Waals surface area contributed by atoms with E-state index in [0.717, 1.165) is 5.92 Å². The normalized spacial score (nSPS) is 19.2. The molecule has 0 saturated heterocycles. The van der Waals surface area contributed by atoms with E-state index in [1.54, 1.807) is 0 Å². The number of unbranched alkanes of at least 4 members (excludes halogenated alkanes) is 4. The van der Waals surface area contributed by atoms with Crippen LogP contribution in [0.1, 0.15) is 71.1 Å². The number of hydrogen-bond donors (Lipinski definition) is 0. The van der Waals surface area contributed by atoms with E-state index in [1.807, 2.05) is 0 Å². The van der Waals surface area contributed by atoms with Gasteiger partial charge in [-0.3, -0.25) is 0 Å². The molecule has 0 bridgehead atoms. The molecule has 0 amide bonds. The molecule has 0 N–H and O–H groups in total. The van der Waals surface area contributed by atoms with Crippen molar-refractivity contribution in [3.8, 4) is 0 Å². The molecule has 77 valence electrons. The lowest BCUT2D eigenvalue weighted by molar-refractivity contribution is 0.387. The van der Waals surface area contributed by atoms with Crippen molar-refractivity contribution in [2.75, 3.05) is 0 Å². The van der Waals surface area contributed by atoms with Crippen LogP contribution in [-0.4, -0.2) is 0 Å². The van der Waals surface area contributed by atoms with Crippen LogP contribution in [0.15, 0.2) is 0 Å². The first-order chi connectivity index (χ1) is 6.43. The van der Waals surface area contributed by atoms with Gasteiger partial charge in [-0.1, -0.05) is 64.7 Å². The summed E-state index contributed by atoms with van der Waals surface area (Å²) in [4.78, 5) is 0. The van der Waals surface area contributed by atoms with Gasteiger partial charge in [-0.2, -0.15) is 0 Å². The van der Waals surface area contributed by atoms with Crippen molar-refractivity contribution in [3.63, 3.8) is 0 Å². The first-order valence-electron chi connectivity index (χ1n) is 6.27. The van der Waals surface area contributed by atoms with E-state index in [-0.39, 0.29) is 0 Å². The molecule has 0 aromatic carbocycles. The summed E-state index contributed by atoms with van der Waals surface area (Å²) in [6.07, 6.45) is 17.1. The molecule has 1 saturated carbocycles. The van der Waals surface area contributed by atoms with Crippen molar-refractivity contribution in [3.05, 3.63) is 6.42 Å². The Hall–Kier alpha value is 0. The topological polar surface area (TPSA) is 0 Å². The highest BCUT2D eigenvalue weighted by Crippen LogP contribution is 2.27. The van der Waals surface area contributed by atoms with Crippen molar-refractivity contribution >= 4 is 0 Å². The Morgan fingerprint density at radius 1 is 1.00 bits per heavy atom. The summed E-state index contributed by atoms with van der Waals surface area (Å²) in [7, 11) is 0. The van der Waals surface area contributed by atoms with Crippen LogP contribution in [0.5, 0.6) is 0 Å². The molecule has 0 aromatic rings. The zero-order valence-corrected chi connectivity index (χ0v) is 9.23. The van der Waals surface area contributed by atoms with Crippen LogP contribution in [0, 0.1) is 12.3 Å². The van der Waals surface area contributed by atoms with Gasteiger partial charge < -0.3 is 0 Å². The minimum absolute atomic E-state index is 0.982. The predicted molar refractivity (Wildman–Crippen MR) is 59.6 cm³/mol. The quantitative estimate of drug-likeness (QED) is 0.519. The fraction of sp³-hybridized carbons (Fsp3) is 0.923. The number of hydrogen-bond acceptors (Lipinski definition) is 0. The molecular weight excluding hydrogens is 156 g/mol. The van der Waals surface area contributed by atoms with E-state index in [4.69, 9.17) is 0 Å². The van der Waals surface area contributed by atoms with Crippen LogP contribution in [0.4, 0.5) is 0 Å². The minimum atomic E-state index is 0.982. The van der Waals surface area contributed by atoms with E-state index < -0.39 is 0 Å². The van der Waals surface area contributed by atoms with Crippen LogP contribution in [0.3, 0.4) is 0 Å². The average Bonchev–Trinajstić information content (AvgIpc) is 2.19. The van der Waals surface area contributed by atoms with Gasteiger partial charge in [0.1, 0.15) is 0 Å². The molecular formula is C13H25. The van der Waals surface area contributed by atoms with Crippen molar-refractivity contribution in [1.82, 2.24) is 0 Å². The third kappa shape index (κ3) is 5.33. The third-order valence-corrected chi connectivity index (χ3v) is 3.21. The maximum absolute atomic E-state index is 2.61. The lowest BCUT2D eigenvalue weighted by atomic mass is 9.85. The minimum Gasteiger partial charge on any atom is -0.0654 e. The first-order valence-corrected chi connectivity index (χ1v) is 6.27. The second-order valence-electron chi connectivity index (χ2n) is 4.48. The smallest absolute Gasteiger partial charge is 0.0355 e. The molecule has 0 heterocycles. The van der Waals surface area contributed by atoms with Crippen LogP contribution in [0.25, 0.3) is 0 Å². The molecule has 1 radical (unpaired) electrons. The molecule has 1 aliphatic carbocycles. The van der Waals surface area contributed by atoms with Gasteiger partial charge in [-0.25, -0.2) is 0 Å². The summed E-state index contributed by atoms with van der Waals surface area (Å²) < 4.78 is 0. The van der Waals surface area contributed by atoms with E-state index in [0.29, 0.717) is 0 Å². The Labute approximate surface area is 84.1 Å². The summed E-state index contributed by atoms with van der Waals surface area (Å²) in [5, 5.41) is 0. The zero-order valence-electron chi connectivity index (χ0n) is 9.23. The molecule has 1 aliphatic rings. The summed E-state index contributed by atoms with van der Waals surface area (Å²) >= 11 is 0. The Balaban J connectivity index is 1.86. The van der Waals surface area contributed by atoms with Crippen molar-refractivity contribution < 1.29 is 0 Å². The summed E-state index contributed by atoms with van der Waals surface area (Å²) in [5.41, 5.74) is 0. The highest BCUT2D eigenvalue weighted by atomic mass is 14.2. The van der Waals surface area contributed by atoms with Crippen molar-refractivity contribution in [2.24, 2.45) is 5.92 Å². The molecule has 0 atom stereocenters. The lowest BCUT2D eigenvalue weighted by Gasteiger charge is -2.20. The second kappa shape index (κ2) is 7.41. The lowest BCUT2D eigenvalue weighted by Crippen LogP contribution is -2.06. The van der Waals surface area contributed by atoms with Gasteiger partial charge >= 0.3 is 0 Å². The van der Waals surface area contributed by atoms with E-state index >= 15 is 0 Å². The van der Waals surface area contributed by atoms with E-state index in [9.17, 15) is 0 Å². The second-order valence-corrected chi connectivity index (χ2v) is 4.48. The maximum atomic E-state index is 2.61. The van der Waals surface area contributed by atoms with Crippen molar-refractivity contribution in [1.29, 1.82) is 0 Å². The Bertz CT molecular complexity index is 101. The summed E-state index contributed by atoms with van der Waals surface area (Å²) in [6.45, 7) is 2.28. The summed E-state index contributed by atoms with van der Waals surface area (Å²) in [5.74, 6) is 0.982. The molecule has 0 unspecified atom stereocenters. The fourth-order valence-corrected chi connectivity index (χ4v) is 2.29. The average molecular weight is 181 g/mol. The third-order valence-electron chi connectivity index (χ3n) is 3.21. The molecule has 0 aromatic heterocycles. The highest BCUT2D eigenvalue weighted by Gasteiger charge is 2.12. The number of rotatable bonds is 6. The largest absolute Gasteiger partial charge is 0.0654 e. The molecule has 0 nitrogen and oxygen atoms in total. The predicted octanol–water partition coefficient (Wildman–Crippen LogP) is 4.74. The van der Waals surface area contributed by atoms with Crippen LogP contribution in [-0.2, 0) is 0 Å². The zero-order chi connectivity index (χ0) is 9.36. The molecule has 0 spiro atoms. The fourth-order valence-electron chi connectivity index (χ4n) is 2.29. The van der Waals surface area contributed by atoms with Crippen LogP contribution >= 0.6 is 0 Å². The van der Waals surface area contributed by atoms with E-state index in [2.05, 4.69) is 13.3 Å². The van der Waals surface area contributed by atoms with Gasteiger partial charge in [0.2, 0.25) is 0 Å². The molecule has 0 heteroatoms. The summed E-state index contributed by atoms with van der Waals surface area (Å²) in [6, 6.07) is 0. The maximum Gasteiger partial charge on any atom is -0.0355 e. The van der Waals surface area contributed by atoms with Crippen molar-refractivity contribution in [2.45, 2.75) is 71.1 Å². The molecule has 0 aliphatic heterocycles. The van der Waals surface area contributed by atoms with Gasteiger partial charge in [0, 0.05) is 0 Å². The molecule has 13 heavy (non-hydrogen) atoms. The van der Waals surface area contributed by atoms with Gasteiger partial charge in [-0.15, -0.1) is 0 Å². The van der Waals surface area contributed by atoms with Gasteiger partial charge in [0.05, 0.1) is 0 Å². The monoisotopic (exact) mass is 181 g/mol. The Morgan fingerprint density at radius 2 is 1.77 bits per heavy atom. The molecule has 1 rings (SSSR count). The van der Waals surface area contributed by atoms with Crippen LogP contribution in [0.2, 0.25) is 0 Å². The Kier molecular flexibility index (Phi) is 6.31. The van der Waals surface area contributed by atoms with Gasteiger partial charge in [0.15, 0.2) is 0 Å². The highest BCUT2D eigenvalue weighted by molar-refractivity contribution is 4.78. The van der Waals surface area contributed by atoms with Gasteiger partial charge in [0.25, 0.3) is 0 Å². The first kappa shape index (κ1) is 11.1. The van der Waals surface area contributed by atoms with E-state index in [1.165, 1.54) is 64.2 Å². The molecule has 1 fully saturated rings. The standard InChI is InChI=1S/C13H25/c1-2-3-4-5-7-10-13-11-8-6-9-12-13/h10,13H,2-9,11-12H2,1H3. The Morgan fingerprint density at radius 3 is 2.46 bits per heavy atom. The van der Waals surface area contributed by atoms with Gasteiger partial charge in [-0.05, 0) is 18.8 Å². The SMILES string of the molecule is CCCCCC[CH]C1CCCCC1. The van der Waals surface area contributed by atoms with Crippen LogP contribution < -0.4 is 0 Å².